The number of carbonyl (C=O) groups excluding carboxylic acids is 4. The van der Waals surface area contributed by atoms with E-state index in [0.717, 1.165) is 12.1 Å². The van der Waals surface area contributed by atoms with Crippen molar-refractivity contribution in [2.24, 2.45) is 0 Å². The molecule has 0 saturated heterocycles. The Hall–Kier alpha value is -5.77. The molecule has 2 aliphatic rings. The molecule has 0 aliphatic heterocycles. The fourth-order valence-corrected chi connectivity index (χ4v) is 4.83. The quantitative estimate of drug-likeness (QED) is 0.206. The molecule has 4 aromatic carbocycles. The van der Waals surface area contributed by atoms with Crippen LogP contribution in [0.1, 0.15) is 79.6 Å². The molecular weight excluding hydrogens is 520 g/mol. The van der Waals surface area contributed by atoms with Gasteiger partial charge in [-0.3, -0.25) is 19.2 Å². The number of carbonyl (C=O) groups is 5. The highest BCUT2D eigenvalue weighted by atomic mass is 16.4. The van der Waals surface area contributed by atoms with Gasteiger partial charge in [0.25, 0.3) is 0 Å². The van der Waals surface area contributed by atoms with Crippen molar-refractivity contribution < 1.29 is 49.5 Å². The third-order valence-electron chi connectivity index (χ3n) is 6.60. The van der Waals surface area contributed by atoms with E-state index in [1.807, 2.05) is 0 Å². The van der Waals surface area contributed by atoms with Crippen LogP contribution in [-0.2, 0) is 0 Å². The van der Waals surface area contributed by atoms with Crippen molar-refractivity contribution in [1.29, 1.82) is 0 Å². The van der Waals surface area contributed by atoms with Crippen molar-refractivity contribution in [2.75, 3.05) is 0 Å². The Morgan fingerprint density at radius 1 is 0.525 bits per heavy atom. The van der Waals surface area contributed by atoms with Crippen LogP contribution in [0, 0.1) is 6.92 Å². The molecule has 198 valence electrons. The molecular formula is C30H18O10. The highest BCUT2D eigenvalue weighted by Gasteiger charge is 2.35. The summed E-state index contributed by atoms with van der Waals surface area (Å²) >= 11 is 0. The smallest absolute Gasteiger partial charge is 0.335 e. The molecule has 0 spiro atoms. The zero-order chi connectivity index (χ0) is 29.0. The van der Waals surface area contributed by atoms with Crippen LogP contribution in [0.15, 0.2) is 60.7 Å². The van der Waals surface area contributed by atoms with Gasteiger partial charge < -0.3 is 25.5 Å². The van der Waals surface area contributed by atoms with Gasteiger partial charge in [0.15, 0.2) is 11.6 Å². The summed E-state index contributed by atoms with van der Waals surface area (Å²) in [6.07, 6.45) is 0. The standard InChI is InChI=1S/C15H8O6.C15H10O4/c16-9-3-1-2-7-11(9)14(19)12-8(13(7)18)4-6(15(20)21)5-10(12)17;1-7-5-9-13(11(17)6-7)15(19)12-8(14(9)18)3-2-4-10(12)16/h1-5,16-17H,(H,20,21);2-6,16-17H,1H3. The van der Waals surface area contributed by atoms with E-state index in [-0.39, 0.29) is 73.1 Å². The van der Waals surface area contributed by atoms with Gasteiger partial charge in [-0.2, -0.15) is 0 Å². The summed E-state index contributed by atoms with van der Waals surface area (Å²) in [7, 11) is 0. The highest BCUT2D eigenvalue weighted by Crippen LogP contribution is 2.38. The Morgan fingerprint density at radius 3 is 1.43 bits per heavy atom. The number of hydrogen-bond acceptors (Lipinski definition) is 9. The molecule has 0 saturated carbocycles. The van der Waals surface area contributed by atoms with Gasteiger partial charge in [0, 0.05) is 22.3 Å². The lowest BCUT2D eigenvalue weighted by Crippen LogP contribution is -2.22. The summed E-state index contributed by atoms with van der Waals surface area (Å²) in [6, 6.07) is 13.3. The Morgan fingerprint density at radius 2 is 0.950 bits per heavy atom. The Balaban J connectivity index is 0.000000162. The maximum absolute atomic E-state index is 12.4. The molecule has 0 heterocycles. The number of phenolic OH excluding ortho intramolecular Hbond substituents is 4. The van der Waals surface area contributed by atoms with Crippen molar-refractivity contribution in [3.8, 4) is 23.0 Å². The van der Waals surface area contributed by atoms with E-state index < -0.39 is 29.1 Å². The first kappa shape index (κ1) is 25.9. The van der Waals surface area contributed by atoms with Crippen molar-refractivity contribution >= 4 is 29.1 Å². The Kier molecular flexibility index (Phi) is 5.95. The minimum absolute atomic E-state index is 0.0190. The minimum Gasteiger partial charge on any atom is -0.507 e. The van der Waals surface area contributed by atoms with Crippen LogP contribution < -0.4 is 0 Å². The van der Waals surface area contributed by atoms with E-state index >= 15 is 0 Å². The lowest BCUT2D eigenvalue weighted by molar-refractivity contribution is 0.0695. The second-order valence-corrected chi connectivity index (χ2v) is 9.15. The summed E-state index contributed by atoms with van der Waals surface area (Å²) in [5.74, 6) is -4.99. The first-order chi connectivity index (χ1) is 18.9. The number of ketones is 4. The summed E-state index contributed by atoms with van der Waals surface area (Å²) in [6.45, 7) is 1.73. The molecule has 0 aromatic heterocycles. The molecule has 10 nitrogen and oxygen atoms in total. The number of aryl methyl sites for hydroxylation is 1. The van der Waals surface area contributed by atoms with E-state index in [2.05, 4.69) is 0 Å². The number of rotatable bonds is 1. The minimum atomic E-state index is -1.32. The molecule has 0 amide bonds. The maximum atomic E-state index is 12.4. The van der Waals surface area contributed by atoms with E-state index in [1.165, 1.54) is 42.5 Å². The summed E-state index contributed by atoms with van der Waals surface area (Å²) in [4.78, 5) is 60.4. The van der Waals surface area contributed by atoms with E-state index in [1.54, 1.807) is 13.0 Å². The predicted molar refractivity (Wildman–Crippen MR) is 138 cm³/mol. The number of phenols is 4. The first-order valence-corrected chi connectivity index (χ1v) is 11.7. The SMILES string of the molecule is Cc1cc(O)c2c(c1)C(=O)c1cccc(O)c1C2=O.O=C(O)c1cc(O)c2c(c1)C(=O)c1cccc(O)c1C2=O. The van der Waals surface area contributed by atoms with E-state index in [0.29, 0.717) is 5.56 Å². The van der Waals surface area contributed by atoms with Gasteiger partial charge in [-0.25, -0.2) is 4.79 Å². The summed E-state index contributed by atoms with van der Waals surface area (Å²) in [5, 5.41) is 48.2. The molecule has 6 rings (SSSR count). The molecule has 0 radical (unpaired) electrons. The number of hydrogen-bond donors (Lipinski definition) is 5. The molecule has 4 aromatic rings. The Bertz CT molecular complexity index is 1850. The van der Waals surface area contributed by atoms with Crippen LogP contribution in [0.25, 0.3) is 0 Å². The van der Waals surface area contributed by atoms with E-state index in [4.69, 9.17) is 5.11 Å². The van der Waals surface area contributed by atoms with Gasteiger partial charge in [-0.05, 0) is 48.9 Å². The normalized spacial score (nSPS) is 12.9. The number of fused-ring (bicyclic) bond motifs is 4. The molecule has 40 heavy (non-hydrogen) atoms. The second kappa shape index (κ2) is 9.21. The zero-order valence-corrected chi connectivity index (χ0v) is 20.6. The monoisotopic (exact) mass is 538 g/mol. The Labute approximate surface area is 225 Å². The lowest BCUT2D eigenvalue weighted by atomic mass is 9.82. The third-order valence-corrected chi connectivity index (χ3v) is 6.60. The van der Waals surface area contributed by atoms with Gasteiger partial charge in [-0.15, -0.1) is 0 Å². The van der Waals surface area contributed by atoms with Crippen LogP contribution in [0.4, 0.5) is 0 Å². The van der Waals surface area contributed by atoms with Crippen molar-refractivity contribution in [3.05, 3.63) is 116 Å². The number of aromatic hydroxyl groups is 4. The summed E-state index contributed by atoms with van der Waals surface area (Å²) in [5.41, 5.74) is -0.0128. The number of benzene rings is 4. The topological polar surface area (TPSA) is 186 Å². The zero-order valence-electron chi connectivity index (χ0n) is 20.6. The molecule has 10 heteroatoms. The van der Waals surface area contributed by atoms with Crippen LogP contribution in [-0.4, -0.2) is 54.6 Å². The van der Waals surface area contributed by atoms with Crippen molar-refractivity contribution in [1.82, 2.24) is 0 Å². The van der Waals surface area contributed by atoms with Gasteiger partial charge >= 0.3 is 5.97 Å². The second-order valence-electron chi connectivity index (χ2n) is 9.15. The number of aromatic carboxylic acids is 1. The number of carboxylic acid groups (broad SMARTS) is 1. The van der Waals surface area contributed by atoms with Gasteiger partial charge in [0.1, 0.15) is 23.0 Å². The van der Waals surface area contributed by atoms with Gasteiger partial charge in [0.05, 0.1) is 27.8 Å². The molecule has 0 atom stereocenters. The molecule has 0 bridgehead atoms. The largest absolute Gasteiger partial charge is 0.507 e. The first-order valence-electron chi connectivity index (χ1n) is 11.7. The lowest BCUT2D eigenvalue weighted by Gasteiger charge is -2.19. The third kappa shape index (κ3) is 3.86. The molecule has 2 aliphatic carbocycles. The van der Waals surface area contributed by atoms with Gasteiger partial charge in [-0.1, -0.05) is 24.3 Å². The van der Waals surface area contributed by atoms with Crippen LogP contribution in [0.3, 0.4) is 0 Å². The number of carboxylic acids is 1. The molecule has 5 N–H and O–H groups in total. The highest BCUT2D eigenvalue weighted by molar-refractivity contribution is 6.31. The van der Waals surface area contributed by atoms with Crippen LogP contribution in [0.2, 0.25) is 0 Å². The predicted octanol–water partition coefficient (Wildman–Crippen LogP) is 3.75. The van der Waals surface area contributed by atoms with Crippen molar-refractivity contribution in [3.63, 3.8) is 0 Å². The molecule has 0 fully saturated rings. The molecule has 0 unspecified atom stereocenters. The van der Waals surface area contributed by atoms with Crippen molar-refractivity contribution in [2.45, 2.75) is 6.92 Å². The maximum Gasteiger partial charge on any atom is 0.335 e. The summed E-state index contributed by atoms with van der Waals surface area (Å²) < 4.78 is 0. The van der Waals surface area contributed by atoms with Gasteiger partial charge in [0.2, 0.25) is 11.6 Å². The fourth-order valence-electron chi connectivity index (χ4n) is 4.83. The van der Waals surface area contributed by atoms with Crippen LogP contribution >= 0.6 is 0 Å². The van der Waals surface area contributed by atoms with E-state index in [9.17, 15) is 44.4 Å². The van der Waals surface area contributed by atoms with Crippen LogP contribution in [0.5, 0.6) is 23.0 Å². The average molecular weight is 538 g/mol. The average Bonchev–Trinajstić information content (AvgIpc) is 2.89. The fraction of sp³-hybridized carbons (Fsp3) is 0.0333.